The summed E-state index contributed by atoms with van der Waals surface area (Å²) in [5, 5.41) is 5.97. The highest BCUT2D eigenvalue weighted by Gasteiger charge is 2.13. The highest BCUT2D eigenvalue weighted by Crippen LogP contribution is 2.29. The molecule has 0 fully saturated rings. The molecule has 3 rings (SSSR count). The van der Waals surface area contributed by atoms with Crippen molar-refractivity contribution in [3.05, 3.63) is 66.1 Å². The number of carbonyl (C=O) groups is 1. The Balaban J connectivity index is 1.69. The highest BCUT2D eigenvalue weighted by atomic mass is 16.5. The maximum absolute atomic E-state index is 12.6. The number of aromatic nitrogens is 2. The van der Waals surface area contributed by atoms with Gasteiger partial charge in [-0.05, 0) is 29.8 Å². The van der Waals surface area contributed by atoms with Crippen LogP contribution < -0.4 is 24.8 Å². The van der Waals surface area contributed by atoms with Crippen LogP contribution in [-0.4, -0.2) is 37.2 Å². The van der Waals surface area contributed by atoms with Gasteiger partial charge in [0.2, 0.25) is 0 Å². The molecule has 1 amide bonds. The molecular weight excluding hydrogens is 372 g/mol. The zero-order valence-corrected chi connectivity index (χ0v) is 16.4. The van der Waals surface area contributed by atoms with Crippen molar-refractivity contribution in [1.29, 1.82) is 0 Å². The largest absolute Gasteiger partial charge is 0.497 e. The Morgan fingerprint density at radius 3 is 2.31 bits per heavy atom. The van der Waals surface area contributed by atoms with Gasteiger partial charge in [-0.3, -0.25) is 4.79 Å². The number of hydrogen-bond donors (Lipinski definition) is 2. The van der Waals surface area contributed by atoms with Crippen LogP contribution in [0, 0.1) is 0 Å². The van der Waals surface area contributed by atoms with Gasteiger partial charge in [-0.1, -0.05) is 12.1 Å². The van der Waals surface area contributed by atoms with E-state index in [4.69, 9.17) is 14.2 Å². The van der Waals surface area contributed by atoms with Gasteiger partial charge in [0.1, 0.15) is 35.1 Å². The van der Waals surface area contributed by atoms with Gasteiger partial charge in [-0.15, -0.1) is 0 Å². The smallest absolute Gasteiger partial charge is 0.274 e. The molecule has 0 spiro atoms. The van der Waals surface area contributed by atoms with Gasteiger partial charge in [-0.25, -0.2) is 9.97 Å². The maximum atomic E-state index is 12.6. The summed E-state index contributed by atoms with van der Waals surface area (Å²) in [7, 11) is 4.71. The molecule has 0 aliphatic rings. The third-order valence-corrected chi connectivity index (χ3v) is 4.19. The number of ether oxygens (including phenoxy) is 3. The molecule has 3 aromatic rings. The van der Waals surface area contributed by atoms with Crippen LogP contribution >= 0.6 is 0 Å². The SMILES string of the molecule is COc1ccc(CNc2cc(C(=O)Nc3cc(OC)ccc3OC)ncn2)cc1. The topological polar surface area (TPSA) is 94.6 Å². The lowest BCUT2D eigenvalue weighted by atomic mass is 10.2. The van der Waals surface area contributed by atoms with E-state index >= 15 is 0 Å². The zero-order chi connectivity index (χ0) is 20.6. The fourth-order valence-corrected chi connectivity index (χ4v) is 2.61. The minimum Gasteiger partial charge on any atom is -0.497 e. The van der Waals surface area contributed by atoms with E-state index < -0.39 is 0 Å². The van der Waals surface area contributed by atoms with Crippen LogP contribution in [0.3, 0.4) is 0 Å². The van der Waals surface area contributed by atoms with Crippen LogP contribution in [-0.2, 0) is 6.54 Å². The van der Waals surface area contributed by atoms with Gasteiger partial charge < -0.3 is 24.8 Å². The third-order valence-electron chi connectivity index (χ3n) is 4.19. The molecule has 0 saturated heterocycles. The first-order valence-electron chi connectivity index (χ1n) is 8.85. The van der Waals surface area contributed by atoms with E-state index in [0.29, 0.717) is 29.5 Å². The maximum Gasteiger partial charge on any atom is 0.274 e. The van der Waals surface area contributed by atoms with Crippen LogP contribution in [0.4, 0.5) is 11.5 Å². The summed E-state index contributed by atoms with van der Waals surface area (Å²) < 4.78 is 15.6. The average molecular weight is 394 g/mol. The molecule has 0 atom stereocenters. The van der Waals surface area contributed by atoms with Crippen molar-refractivity contribution in [3.8, 4) is 17.2 Å². The molecule has 0 radical (unpaired) electrons. The van der Waals surface area contributed by atoms with E-state index in [-0.39, 0.29) is 11.6 Å². The van der Waals surface area contributed by atoms with Crippen molar-refractivity contribution in [3.63, 3.8) is 0 Å². The standard InChI is InChI=1S/C21H22N4O4/c1-27-15-6-4-14(5-7-15)12-22-20-11-18(23-13-24-20)21(26)25-17-10-16(28-2)8-9-19(17)29-3/h4-11,13H,12H2,1-3H3,(H,25,26)(H,22,23,24). The second-order valence-corrected chi connectivity index (χ2v) is 6.01. The molecule has 2 aromatic carbocycles. The molecule has 1 heterocycles. The minimum absolute atomic E-state index is 0.224. The third kappa shape index (κ3) is 5.13. The first-order chi connectivity index (χ1) is 14.1. The van der Waals surface area contributed by atoms with Gasteiger partial charge in [0.05, 0.1) is 27.0 Å². The lowest BCUT2D eigenvalue weighted by molar-refractivity contribution is 0.102. The van der Waals surface area contributed by atoms with Crippen LogP contribution in [0.15, 0.2) is 54.9 Å². The number of anilines is 2. The Morgan fingerprint density at radius 2 is 1.62 bits per heavy atom. The monoisotopic (exact) mass is 394 g/mol. The van der Waals surface area contributed by atoms with Gasteiger partial charge in [0.25, 0.3) is 5.91 Å². The van der Waals surface area contributed by atoms with E-state index in [2.05, 4.69) is 20.6 Å². The molecule has 8 nitrogen and oxygen atoms in total. The van der Waals surface area contributed by atoms with Gasteiger partial charge in [-0.2, -0.15) is 0 Å². The average Bonchev–Trinajstić information content (AvgIpc) is 2.78. The molecule has 8 heteroatoms. The van der Waals surface area contributed by atoms with Gasteiger partial charge >= 0.3 is 0 Å². The lowest BCUT2D eigenvalue weighted by Crippen LogP contribution is -2.15. The van der Waals surface area contributed by atoms with Crippen molar-refractivity contribution in [2.45, 2.75) is 6.54 Å². The molecule has 2 N–H and O–H groups in total. The lowest BCUT2D eigenvalue weighted by Gasteiger charge is -2.12. The predicted molar refractivity (Wildman–Crippen MR) is 110 cm³/mol. The van der Waals surface area contributed by atoms with Crippen LogP contribution in [0.5, 0.6) is 17.2 Å². The Kier molecular flexibility index (Phi) is 6.47. The minimum atomic E-state index is -0.383. The molecule has 150 valence electrons. The van der Waals surface area contributed by atoms with Crippen molar-refractivity contribution in [2.75, 3.05) is 32.0 Å². The quantitative estimate of drug-likeness (QED) is 0.605. The highest BCUT2D eigenvalue weighted by molar-refractivity contribution is 6.04. The molecule has 1 aromatic heterocycles. The summed E-state index contributed by atoms with van der Waals surface area (Å²) in [6.07, 6.45) is 1.34. The van der Waals surface area contributed by atoms with Crippen molar-refractivity contribution >= 4 is 17.4 Å². The number of hydrogen-bond acceptors (Lipinski definition) is 7. The number of benzene rings is 2. The molecule has 0 aliphatic carbocycles. The number of carbonyl (C=O) groups excluding carboxylic acids is 1. The molecule has 29 heavy (non-hydrogen) atoms. The molecular formula is C21H22N4O4. The van der Waals surface area contributed by atoms with Gasteiger partial charge in [0, 0.05) is 18.7 Å². The summed E-state index contributed by atoms with van der Waals surface area (Å²) in [6, 6.07) is 14.4. The van der Waals surface area contributed by atoms with Gasteiger partial charge in [0.15, 0.2) is 0 Å². The number of amides is 1. The van der Waals surface area contributed by atoms with E-state index in [1.807, 2.05) is 24.3 Å². The Morgan fingerprint density at radius 1 is 0.897 bits per heavy atom. The van der Waals surface area contributed by atoms with E-state index in [0.717, 1.165) is 11.3 Å². The first-order valence-corrected chi connectivity index (χ1v) is 8.85. The Bertz CT molecular complexity index is 977. The molecule has 0 bridgehead atoms. The summed E-state index contributed by atoms with van der Waals surface area (Å²) in [5.41, 5.74) is 1.77. The van der Waals surface area contributed by atoms with E-state index in [1.54, 1.807) is 38.5 Å². The summed E-state index contributed by atoms with van der Waals surface area (Å²) in [5.74, 6) is 2.07. The van der Waals surface area contributed by atoms with Crippen LogP contribution in [0.25, 0.3) is 0 Å². The number of rotatable bonds is 8. The number of nitrogens with one attached hydrogen (secondary N) is 2. The molecule has 0 saturated carbocycles. The van der Waals surface area contributed by atoms with E-state index in [1.165, 1.54) is 13.4 Å². The first kappa shape index (κ1) is 19.9. The van der Waals surface area contributed by atoms with Crippen LogP contribution in [0.1, 0.15) is 16.1 Å². The zero-order valence-electron chi connectivity index (χ0n) is 16.4. The van der Waals surface area contributed by atoms with E-state index in [9.17, 15) is 4.79 Å². The fraction of sp³-hybridized carbons (Fsp3) is 0.190. The van der Waals surface area contributed by atoms with Crippen molar-refractivity contribution < 1.29 is 19.0 Å². The normalized spacial score (nSPS) is 10.2. The van der Waals surface area contributed by atoms with Crippen molar-refractivity contribution in [2.24, 2.45) is 0 Å². The Labute approximate surface area is 168 Å². The predicted octanol–water partition coefficient (Wildman–Crippen LogP) is 3.37. The number of nitrogens with zero attached hydrogens (tertiary/aromatic N) is 2. The summed E-state index contributed by atoms with van der Waals surface area (Å²) in [6.45, 7) is 0.547. The summed E-state index contributed by atoms with van der Waals surface area (Å²) in [4.78, 5) is 20.9. The number of methoxy groups -OCH3 is 3. The van der Waals surface area contributed by atoms with Crippen molar-refractivity contribution in [1.82, 2.24) is 9.97 Å². The van der Waals surface area contributed by atoms with Crippen LogP contribution in [0.2, 0.25) is 0 Å². The molecule has 0 unspecified atom stereocenters. The molecule has 0 aliphatic heterocycles. The second-order valence-electron chi connectivity index (χ2n) is 6.01. The Hall–Kier alpha value is -3.81. The second kappa shape index (κ2) is 9.41. The fourth-order valence-electron chi connectivity index (χ4n) is 2.61. The summed E-state index contributed by atoms with van der Waals surface area (Å²) >= 11 is 0.